The zero-order valence-electron chi connectivity index (χ0n) is 15.9. The van der Waals surface area contributed by atoms with Gasteiger partial charge in [0, 0.05) is 13.0 Å². The smallest absolute Gasteiger partial charge is 0.226 e. The first-order chi connectivity index (χ1) is 14.3. The van der Waals surface area contributed by atoms with Crippen molar-refractivity contribution in [3.63, 3.8) is 0 Å². The van der Waals surface area contributed by atoms with Crippen molar-refractivity contribution in [2.24, 2.45) is 0 Å². The van der Waals surface area contributed by atoms with Crippen LogP contribution >= 0.6 is 11.8 Å². The lowest BCUT2D eigenvalue weighted by Gasteiger charge is -2.07. The number of benzene rings is 2. The topological polar surface area (TPSA) is 69.6 Å². The minimum absolute atomic E-state index is 0.544. The third kappa shape index (κ3) is 5.00. The van der Waals surface area contributed by atoms with Gasteiger partial charge in [0.2, 0.25) is 11.8 Å². The standard InChI is InChI=1S/C22H21N5OS/c1-2-13-27-19(14-17-9-5-3-6-10-17)23-26-22(27)29-16-21-25-24-20(28-21)15-18-11-7-4-8-12-18/h2-12H,1,13-16H2. The first-order valence-corrected chi connectivity index (χ1v) is 10.4. The van der Waals surface area contributed by atoms with E-state index in [0.29, 0.717) is 30.5 Å². The van der Waals surface area contributed by atoms with Crippen molar-refractivity contribution < 1.29 is 4.42 Å². The van der Waals surface area contributed by atoms with Gasteiger partial charge in [-0.1, -0.05) is 78.5 Å². The van der Waals surface area contributed by atoms with E-state index in [0.717, 1.165) is 23.0 Å². The van der Waals surface area contributed by atoms with Crippen LogP contribution in [-0.2, 0) is 25.1 Å². The third-order valence-electron chi connectivity index (χ3n) is 4.34. The van der Waals surface area contributed by atoms with Crippen LogP contribution in [0.1, 0.15) is 28.7 Å². The molecule has 0 atom stereocenters. The monoisotopic (exact) mass is 403 g/mol. The Morgan fingerprint density at radius 2 is 1.48 bits per heavy atom. The van der Waals surface area contributed by atoms with Crippen LogP contribution in [0.3, 0.4) is 0 Å². The normalized spacial score (nSPS) is 10.9. The Morgan fingerprint density at radius 3 is 2.17 bits per heavy atom. The first-order valence-electron chi connectivity index (χ1n) is 9.36. The first kappa shape index (κ1) is 19.1. The summed E-state index contributed by atoms with van der Waals surface area (Å²) in [4.78, 5) is 0. The van der Waals surface area contributed by atoms with Crippen LogP contribution in [0.2, 0.25) is 0 Å². The maximum absolute atomic E-state index is 5.79. The van der Waals surface area contributed by atoms with E-state index in [1.165, 1.54) is 17.3 Å². The predicted octanol–water partition coefficient (Wildman–Crippen LogP) is 4.32. The highest BCUT2D eigenvalue weighted by molar-refractivity contribution is 7.98. The summed E-state index contributed by atoms with van der Waals surface area (Å²) in [5, 5.41) is 17.9. The average molecular weight is 404 g/mol. The number of hydrogen-bond donors (Lipinski definition) is 0. The van der Waals surface area contributed by atoms with Crippen LogP contribution in [0, 0.1) is 0 Å². The fourth-order valence-corrected chi connectivity index (χ4v) is 3.77. The number of nitrogens with zero attached hydrogens (tertiary/aromatic N) is 5. The lowest BCUT2D eigenvalue weighted by atomic mass is 10.1. The Balaban J connectivity index is 1.42. The summed E-state index contributed by atoms with van der Waals surface area (Å²) < 4.78 is 7.87. The highest BCUT2D eigenvalue weighted by Gasteiger charge is 2.14. The third-order valence-corrected chi connectivity index (χ3v) is 5.29. The van der Waals surface area contributed by atoms with Crippen LogP contribution < -0.4 is 0 Å². The van der Waals surface area contributed by atoms with Gasteiger partial charge < -0.3 is 8.98 Å². The summed E-state index contributed by atoms with van der Waals surface area (Å²) >= 11 is 1.54. The van der Waals surface area contributed by atoms with Crippen LogP contribution in [0.15, 0.2) is 82.9 Å². The SMILES string of the molecule is C=CCn1c(Cc2ccccc2)nnc1SCc1nnc(Cc2ccccc2)o1. The molecule has 2 aromatic heterocycles. The molecule has 0 bridgehead atoms. The van der Waals surface area contributed by atoms with Gasteiger partial charge in [-0.3, -0.25) is 0 Å². The van der Waals surface area contributed by atoms with Crippen molar-refractivity contribution in [3.8, 4) is 0 Å². The molecule has 0 radical (unpaired) electrons. The van der Waals surface area contributed by atoms with Gasteiger partial charge in [-0.05, 0) is 11.1 Å². The summed E-state index contributed by atoms with van der Waals surface area (Å²) in [6, 6.07) is 20.3. The molecule has 146 valence electrons. The Hall–Kier alpha value is -3.19. The fraction of sp³-hybridized carbons (Fsp3) is 0.182. The lowest BCUT2D eigenvalue weighted by molar-refractivity contribution is 0.474. The van der Waals surface area contributed by atoms with E-state index < -0.39 is 0 Å². The minimum atomic E-state index is 0.544. The van der Waals surface area contributed by atoms with Crippen LogP contribution in [0.25, 0.3) is 0 Å². The molecule has 2 aromatic carbocycles. The van der Waals surface area contributed by atoms with Gasteiger partial charge >= 0.3 is 0 Å². The average Bonchev–Trinajstić information content (AvgIpc) is 3.35. The number of aromatic nitrogens is 5. The second-order valence-corrected chi connectivity index (χ2v) is 7.44. The highest BCUT2D eigenvalue weighted by Crippen LogP contribution is 2.23. The van der Waals surface area contributed by atoms with Crippen LogP contribution in [-0.4, -0.2) is 25.0 Å². The molecule has 0 aliphatic heterocycles. The molecule has 29 heavy (non-hydrogen) atoms. The summed E-state index contributed by atoms with van der Waals surface area (Å²) in [5.41, 5.74) is 2.34. The number of allylic oxidation sites excluding steroid dienone is 1. The van der Waals surface area contributed by atoms with Gasteiger partial charge in [0.15, 0.2) is 5.16 Å². The van der Waals surface area contributed by atoms with Crippen LogP contribution in [0.5, 0.6) is 0 Å². The Morgan fingerprint density at radius 1 is 0.828 bits per heavy atom. The quantitative estimate of drug-likeness (QED) is 0.306. The molecular formula is C22H21N5OS. The molecule has 0 N–H and O–H groups in total. The molecule has 0 fully saturated rings. The second-order valence-electron chi connectivity index (χ2n) is 6.50. The van der Waals surface area contributed by atoms with Crippen molar-refractivity contribution in [3.05, 3.63) is 102 Å². The molecule has 0 amide bonds. The Labute approximate surface area is 173 Å². The number of thioether (sulfide) groups is 1. The van der Waals surface area contributed by atoms with Gasteiger partial charge in [-0.15, -0.1) is 27.0 Å². The number of rotatable bonds is 9. The fourth-order valence-electron chi connectivity index (χ4n) is 2.96. The van der Waals surface area contributed by atoms with E-state index in [2.05, 4.69) is 43.7 Å². The summed E-state index contributed by atoms with van der Waals surface area (Å²) in [6.07, 6.45) is 3.21. The maximum atomic E-state index is 5.79. The molecular weight excluding hydrogens is 382 g/mol. The van der Waals surface area contributed by atoms with Gasteiger partial charge in [-0.2, -0.15) is 0 Å². The second kappa shape index (κ2) is 9.34. The van der Waals surface area contributed by atoms with Gasteiger partial charge in [0.05, 0.1) is 12.2 Å². The van der Waals surface area contributed by atoms with E-state index in [9.17, 15) is 0 Å². The Bertz CT molecular complexity index is 1060. The Kier molecular flexibility index (Phi) is 6.16. The molecule has 0 unspecified atom stereocenters. The minimum Gasteiger partial charge on any atom is -0.424 e. The molecule has 0 saturated carbocycles. The molecule has 4 aromatic rings. The molecule has 4 rings (SSSR count). The molecule has 0 spiro atoms. The maximum Gasteiger partial charge on any atom is 0.226 e. The predicted molar refractivity (Wildman–Crippen MR) is 113 cm³/mol. The number of hydrogen-bond acceptors (Lipinski definition) is 6. The lowest BCUT2D eigenvalue weighted by Crippen LogP contribution is -2.04. The van der Waals surface area contributed by atoms with Crippen molar-refractivity contribution >= 4 is 11.8 Å². The molecule has 6 nitrogen and oxygen atoms in total. The summed E-state index contributed by atoms with van der Waals surface area (Å²) in [5.74, 6) is 2.65. The molecule has 0 saturated heterocycles. The summed E-state index contributed by atoms with van der Waals surface area (Å²) in [6.45, 7) is 4.51. The van der Waals surface area contributed by atoms with Crippen molar-refractivity contribution in [1.82, 2.24) is 25.0 Å². The molecule has 2 heterocycles. The molecule has 0 aliphatic carbocycles. The van der Waals surface area contributed by atoms with Crippen molar-refractivity contribution in [2.45, 2.75) is 30.3 Å². The van der Waals surface area contributed by atoms with Gasteiger partial charge in [-0.25, -0.2) is 0 Å². The van der Waals surface area contributed by atoms with E-state index in [-0.39, 0.29) is 0 Å². The van der Waals surface area contributed by atoms with Gasteiger partial charge in [0.25, 0.3) is 0 Å². The summed E-state index contributed by atoms with van der Waals surface area (Å²) in [7, 11) is 0. The zero-order valence-corrected chi connectivity index (χ0v) is 16.8. The van der Waals surface area contributed by atoms with Gasteiger partial charge in [0.1, 0.15) is 5.82 Å². The van der Waals surface area contributed by atoms with E-state index >= 15 is 0 Å². The van der Waals surface area contributed by atoms with Crippen molar-refractivity contribution in [1.29, 1.82) is 0 Å². The largest absolute Gasteiger partial charge is 0.424 e. The highest BCUT2D eigenvalue weighted by atomic mass is 32.2. The van der Waals surface area contributed by atoms with E-state index in [1.807, 2.05) is 54.6 Å². The van der Waals surface area contributed by atoms with Crippen LogP contribution in [0.4, 0.5) is 0 Å². The zero-order chi connectivity index (χ0) is 19.9. The molecule has 0 aliphatic rings. The van der Waals surface area contributed by atoms with Crippen molar-refractivity contribution in [2.75, 3.05) is 0 Å². The van der Waals surface area contributed by atoms with E-state index in [1.54, 1.807) is 0 Å². The molecule has 7 heteroatoms. The van der Waals surface area contributed by atoms with E-state index in [4.69, 9.17) is 4.42 Å².